The molecule has 5 rings (SSSR count). The molecule has 0 saturated heterocycles. The Balaban J connectivity index is 1.39. The highest BCUT2D eigenvalue weighted by molar-refractivity contribution is 8.00. The summed E-state index contributed by atoms with van der Waals surface area (Å²) in [6, 6.07) is 30.8. The first-order valence-corrected chi connectivity index (χ1v) is 15.7. The van der Waals surface area contributed by atoms with Crippen molar-refractivity contribution < 1.29 is 17.7 Å². The number of nitrogens with one attached hydrogen (secondary N) is 2. The average molecular weight is 610 g/mol. The molecule has 216 valence electrons. The Morgan fingerprint density at radius 2 is 1.63 bits per heavy atom. The van der Waals surface area contributed by atoms with Gasteiger partial charge in [-0.05, 0) is 49.2 Å². The Morgan fingerprint density at radius 3 is 2.21 bits per heavy atom. The molecule has 2 aromatic heterocycles. The lowest BCUT2D eigenvalue weighted by atomic mass is 9.99. The van der Waals surface area contributed by atoms with Crippen LogP contribution in [0, 0.1) is 18.3 Å². The molecule has 2 N–H and O–H groups in total. The third-order valence-corrected chi connectivity index (χ3v) is 9.19. The van der Waals surface area contributed by atoms with E-state index in [4.69, 9.17) is 9.51 Å². The van der Waals surface area contributed by atoms with E-state index in [2.05, 4.69) is 21.3 Å². The molecule has 1 amide bonds. The minimum atomic E-state index is -3.90. The zero-order valence-electron chi connectivity index (χ0n) is 23.3. The van der Waals surface area contributed by atoms with Gasteiger partial charge in [0.05, 0.1) is 21.4 Å². The minimum absolute atomic E-state index is 0.00148. The Hall–Kier alpha value is -4.92. The summed E-state index contributed by atoms with van der Waals surface area (Å²) in [6.07, 6.45) is 0.465. The summed E-state index contributed by atoms with van der Waals surface area (Å²) in [5.41, 5.74) is 4.03. The van der Waals surface area contributed by atoms with Gasteiger partial charge in [-0.2, -0.15) is 5.26 Å². The number of carbonyl (C=O) groups excluding carboxylic acids is 1. The number of amides is 1. The van der Waals surface area contributed by atoms with Crippen LogP contribution in [-0.4, -0.2) is 29.7 Å². The van der Waals surface area contributed by atoms with E-state index in [-0.39, 0.29) is 16.6 Å². The van der Waals surface area contributed by atoms with Gasteiger partial charge in [0.2, 0.25) is 5.91 Å². The maximum atomic E-state index is 13.4. The molecule has 0 aliphatic heterocycles. The molecule has 1 atom stereocenters. The predicted molar refractivity (Wildman–Crippen MR) is 167 cm³/mol. The largest absolute Gasteiger partial charge is 0.360 e. The molecular weight excluding hydrogens is 583 g/mol. The number of sulfonamides is 1. The number of aryl methyl sites for hydroxylation is 1. The second kappa shape index (κ2) is 12.9. The number of rotatable bonds is 10. The van der Waals surface area contributed by atoms with Crippen molar-refractivity contribution in [3.8, 4) is 28.5 Å². The van der Waals surface area contributed by atoms with Crippen molar-refractivity contribution in [3.63, 3.8) is 0 Å². The molecular formula is C32H27N5O4S2. The smallest absolute Gasteiger partial charge is 0.263 e. The second-order valence-electron chi connectivity index (χ2n) is 9.54. The monoisotopic (exact) mass is 609 g/mol. The molecule has 0 saturated carbocycles. The maximum absolute atomic E-state index is 13.4. The number of hydrogen-bond acceptors (Lipinski definition) is 8. The third-order valence-electron chi connectivity index (χ3n) is 6.47. The van der Waals surface area contributed by atoms with Crippen LogP contribution in [0.2, 0.25) is 0 Å². The highest BCUT2D eigenvalue weighted by atomic mass is 32.2. The first-order chi connectivity index (χ1) is 20.8. The van der Waals surface area contributed by atoms with E-state index in [1.165, 1.54) is 42.1 Å². The number of carbonyl (C=O) groups is 1. The van der Waals surface area contributed by atoms with Crippen LogP contribution in [0.5, 0.6) is 0 Å². The summed E-state index contributed by atoms with van der Waals surface area (Å²) in [5, 5.41) is 16.6. The average Bonchev–Trinajstić information content (AvgIpc) is 3.43. The van der Waals surface area contributed by atoms with Gasteiger partial charge < -0.3 is 9.84 Å². The SMILES string of the molecule is CCC(Sc1nc(-c2ccccc2)cc(-c2ccccc2)c1C#N)C(=O)Nc1ccc(S(=O)(=O)Nc2cc(C)on2)cc1. The lowest BCUT2D eigenvalue weighted by Crippen LogP contribution is -2.25. The highest BCUT2D eigenvalue weighted by Crippen LogP contribution is 2.36. The van der Waals surface area contributed by atoms with Gasteiger partial charge in [-0.1, -0.05) is 84.5 Å². The van der Waals surface area contributed by atoms with Crippen molar-refractivity contribution in [2.45, 2.75) is 35.4 Å². The number of anilines is 2. The number of benzene rings is 3. The van der Waals surface area contributed by atoms with Gasteiger partial charge in [0, 0.05) is 22.9 Å². The van der Waals surface area contributed by atoms with E-state index >= 15 is 0 Å². The summed E-state index contributed by atoms with van der Waals surface area (Å²) < 4.78 is 32.7. The van der Waals surface area contributed by atoms with Crippen molar-refractivity contribution in [1.29, 1.82) is 5.26 Å². The zero-order chi connectivity index (χ0) is 30.4. The topological polar surface area (TPSA) is 138 Å². The first kappa shape index (κ1) is 29.6. The number of nitrogens with zero attached hydrogens (tertiary/aromatic N) is 3. The van der Waals surface area contributed by atoms with Crippen molar-refractivity contribution in [2.75, 3.05) is 10.0 Å². The van der Waals surface area contributed by atoms with Gasteiger partial charge in [-0.15, -0.1) is 0 Å². The van der Waals surface area contributed by atoms with E-state index in [9.17, 15) is 18.5 Å². The number of nitriles is 1. The molecule has 9 nitrogen and oxygen atoms in total. The molecule has 3 aromatic carbocycles. The van der Waals surface area contributed by atoms with E-state index in [0.29, 0.717) is 34.2 Å². The van der Waals surface area contributed by atoms with Gasteiger partial charge in [0.25, 0.3) is 10.0 Å². The summed E-state index contributed by atoms with van der Waals surface area (Å²) in [4.78, 5) is 18.2. The predicted octanol–water partition coefficient (Wildman–Crippen LogP) is 6.89. The number of thioether (sulfide) groups is 1. The fourth-order valence-electron chi connectivity index (χ4n) is 4.33. The first-order valence-electron chi connectivity index (χ1n) is 13.4. The molecule has 2 heterocycles. The van der Waals surface area contributed by atoms with Gasteiger partial charge in [-0.25, -0.2) is 13.4 Å². The van der Waals surface area contributed by atoms with Crippen LogP contribution >= 0.6 is 11.8 Å². The van der Waals surface area contributed by atoms with Crippen LogP contribution in [0.1, 0.15) is 24.7 Å². The van der Waals surface area contributed by atoms with Crippen LogP contribution in [0.4, 0.5) is 11.5 Å². The van der Waals surface area contributed by atoms with E-state index in [1.54, 1.807) is 6.92 Å². The molecule has 0 fully saturated rings. The van der Waals surface area contributed by atoms with Gasteiger partial charge in [0.15, 0.2) is 5.82 Å². The number of aromatic nitrogens is 2. The maximum Gasteiger partial charge on any atom is 0.263 e. The Bertz CT molecular complexity index is 1890. The van der Waals surface area contributed by atoms with Crippen molar-refractivity contribution in [3.05, 3.63) is 108 Å². The number of pyridine rings is 1. The molecule has 0 spiro atoms. The Labute approximate surface area is 254 Å². The molecule has 1 unspecified atom stereocenters. The molecule has 43 heavy (non-hydrogen) atoms. The molecule has 0 radical (unpaired) electrons. The van der Waals surface area contributed by atoms with Crippen LogP contribution < -0.4 is 10.0 Å². The van der Waals surface area contributed by atoms with Gasteiger partial charge >= 0.3 is 0 Å². The van der Waals surface area contributed by atoms with E-state index in [0.717, 1.165) is 16.7 Å². The standard InChI is InChI=1S/C32H27N5O4S2/c1-3-29(31(38)34-24-14-16-25(17-15-24)43(39,40)37-30-18-21(2)41-36-30)42-32-27(20-33)26(22-10-6-4-7-11-22)19-28(35-32)23-12-8-5-9-13-23/h4-19,29H,3H2,1-2H3,(H,34,38)(H,36,37). The van der Waals surface area contributed by atoms with Crippen molar-refractivity contribution in [2.24, 2.45) is 0 Å². The Morgan fingerprint density at radius 1 is 0.977 bits per heavy atom. The molecule has 0 aliphatic rings. The fraction of sp³-hybridized carbons (Fsp3) is 0.125. The zero-order valence-corrected chi connectivity index (χ0v) is 24.9. The summed E-state index contributed by atoms with van der Waals surface area (Å²) in [7, 11) is -3.90. The third kappa shape index (κ3) is 6.94. The molecule has 11 heteroatoms. The summed E-state index contributed by atoms with van der Waals surface area (Å²) in [5.74, 6) is 0.255. The van der Waals surface area contributed by atoms with Crippen molar-refractivity contribution >= 4 is 39.2 Å². The van der Waals surface area contributed by atoms with Crippen LogP contribution in [0.15, 0.2) is 112 Å². The van der Waals surface area contributed by atoms with E-state index in [1.807, 2.05) is 73.7 Å². The number of hydrogen-bond donors (Lipinski definition) is 2. The van der Waals surface area contributed by atoms with E-state index < -0.39 is 15.3 Å². The van der Waals surface area contributed by atoms with Gasteiger partial charge in [0.1, 0.15) is 16.9 Å². The molecule has 0 aliphatic carbocycles. The lowest BCUT2D eigenvalue weighted by molar-refractivity contribution is -0.115. The Kier molecular flexibility index (Phi) is 8.90. The van der Waals surface area contributed by atoms with Crippen molar-refractivity contribution in [1.82, 2.24) is 10.1 Å². The quantitative estimate of drug-likeness (QED) is 0.163. The second-order valence-corrected chi connectivity index (χ2v) is 12.4. The normalized spacial score (nSPS) is 11.8. The minimum Gasteiger partial charge on any atom is -0.360 e. The molecule has 5 aromatic rings. The fourth-order valence-corrected chi connectivity index (χ4v) is 6.34. The summed E-state index contributed by atoms with van der Waals surface area (Å²) in [6.45, 7) is 3.54. The highest BCUT2D eigenvalue weighted by Gasteiger charge is 2.24. The van der Waals surface area contributed by atoms with Gasteiger partial charge in [-0.3, -0.25) is 9.52 Å². The molecule has 0 bridgehead atoms. The van der Waals surface area contributed by atoms with Crippen LogP contribution in [-0.2, 0) is 14.8 Å². The van der Waals surface area contributed by atoms with Crippen LogP contribution in [0.25, 0.3) is 22.4 Å². The lowest BCUT2D eigenvalue weighted by Gasteiger charge is -2.17. The summed E-state index contributed by atoms with van der Waals surface area (Å²) >= 11 is 1.23. The van der Waals surface area contributed by atoms with Crippen LogP contribution in [0.3, 0.4) is 0 Å².